The smallest absolute Gasteiger partial charge is 0.241 e. The molecular formula is C21H23BrN4O3. The molecule has 8 heteroatoms. The lowest BCUT2D eigenvalue weighted by molar-refractivity contribution is -0.121. The molecule has 2 aromatic rings. The van der Waals surface area contributed by atoms with Crippen LogP contribution in [0, 0.1) is 0 Å². The van der Waals surface area contributed by atoms with Crippen molar-refractivity contribution in [2.45, 2.75) is 19.4 Å². The molecular weight excluding hydrogens is 436 g/mol. The quantitative estimate of drug-likeness (QED) is 0.720. The van der Waals surface area contributed by atoms with Crippen molar-refractivity contribution in [2.24, 2.45) is 0 Å². The molecule has 1 aliphatic heterocycles. The summed E-state index contributed by atoms with van der Waals surface area (Å²) in [5.74, 6) is -0.499. The number of carbonyl (C=O) groups excluding carboxylic acids is 3. The number of para-hydroxylation sites is 2. The summed E-state index contributed by atoms with van der Waals surface area (Å²) in [6, 6.07) is 14.3. The molecule has 0 fully saturated rings. The number of nitrogens with zero attached hydrogens (tertiary/aromatic N) is 2. The number of amides is 3. The van der Waals surface area contributed by atoms with Gasteiger partial charge in [0.1, 0.15) is 0 Å². The molecule has 0 aliphatic carbocycles. The molecule has 2 aromatic carbocycles. The summed E-state index contributed by atoms with van der Waals surface area (Å²) in [5, 5.41) is 5.66. The van der Waals surface area contributed by atoms with Crippen LogP contribution < -0.4 is 15.5 Å². The fourth-order valence-electron chi connectivity index (χ4n) is 3.34. The van der Waals surface area contributed by atoms with Crippen LogP contribution in [0.25, 0.3) is 0 Å². The summed E-state index contributed by atoms with van der Waals surface area (Å²) in [6.07, 6.45) is 0.216. The molecule has 3 rings (SSSR count). The van der Waals surface area contributed by atoms with Gasteiger partial charge in [-0.15, -0.1) is 0 Å². The summed E-state index contributed by atoms with van der Waals surface area (Å²) >= 11 is 3.37. The van der Waals surface area contributed by atoms with E-state index in [1.807, 2.05) is 43.3 Å². The third kappa shape index (κ3) is 5.42. The van der Waals surface area contributed by atoms with Crippen molar-refractivity contribution < 1.29 is 14.4 Å². The number of rotatable bonds is 5. The second-order valence-electron chi connectivity index (χ2n) is 7.11. The third-order valence-electron chi connectivity index (χ3n) is 4.56. The lowest BCUT2D eigenvalue weighted by Crippen LogP contribution is -2.45. The third-order valence-corrected chi connectivity index (χ3v) is 5.05. The molecule has 1 atom stereocenters. The Kier molecular flexibility index (Phi) is 6.66. The fourth-order valence-corrected chi connectivity index (χ4v) is 3.74. The molecule has 0 aromatic heterocycles. The van der Waals surface area contributed by atoms with E-state index in [1.54, 1.807) is 29.0 Å². The SMILES string of the molecule is C[C@H]1CC(=O)Nc2ccccc2N1C(=O)CN(C)CC(=O)Nc1cccc(Br)c1. The zero-order chi connectivity index (χ0) is 21.0. The maximum Gasteiger partial charge on any atom is 0.241 e. The highest BCUT2D eigenvalue weighted by Crippen LogP contribution is 2.31. The van der Waals surface area contributed by atoms with E-state index in [9.17, 15) is 14.4 Å². The van der Waals surface area contributed by atoms with Gasteiger partial charge in [-0.3, -0.25) is 19.3 Å². The summed E-state index contributed by atoms with van der Waals surface area (Å²) in [6.45, 7) is 1.97. The van der Waals surface area contributed by atoms with Crippen LogP contribution >= 0.6 is 15.9 Å². The van der Waals surface area contributed by atoms with Gasteiger partial charge in [-0.1, -0.05) is 34.1 Å². The zero-order valence-corrected chi connectivity index (χ0v) is 17.9. The lowest BCUT2D eigenvalue weighted by atomic mass is 10.1. The number of benzene rings is 2. The van der Waals surface area contributed by atoms with Crippen LogP contribution in [0.5, 0.6) is 0 Å². The Hall–Kier alpha value is -2.71. The average Bonchev–Trinajstić information content (AvgIpc) is 2.75. The van der Waals surface area contributed by atoms with E-state index in [0.29, 0.717) is 17.1 Å². The minimum Gasteiger partial charge on any atom is -0.325 e. The summed E-state index contributed by atoms with van der Waals surface area (Å²) in [5.41, 5.74) is 1.97. The van der Waals surface area contributed by atoms with E-state index in [4.69, 9.17) is 0 Å². The number of likely N-dealkylation sites (N-methyl/N-ethyl adjacent to an activating group) is 1. The lowest BCUT2D eigenvalue weighted by Gasteiger charge is -2.29. The number of hydrogen-bond acceptors (Lipinski definition) is 4. The molecule has 7 nitrogen and oxygen atoms in total. The highest BCUT2D eigenvalue weighted by Gasteiger charge is 2.30. The Bertz CT molecular complexity index is 934. The molecule has 152 valence electrons. The topological polar surface area (TPSA) is 81.8 Å². The van der Waals surface area contributed by atoms with Crippen molar-refractivity contribution >= 4 is 50.7 Å². The molecule has 2 N–H and O–H groups in total. The first-order chi connectivity index (χ1) is 13.8. The van der Waals surface area contributed by atoms with Crippen LogP contribution in [-0.4, -0.2) is 48.8 Å². The first-order valence-corrected chi connectivity index (χ1v) is 10.1. The van der Waals surface area contributed by atoms with Gasteiger partial charge in [0.05, 0.1) is 24.5 Å². The molecule has 3 amide bonds. The van der Waals surface area contributed by atoms with E-state index >= 15 is 0 Å². The summed E-state index contributed by atoms with van der Waals surface area (Å²) in [7, 11) is 1.72. The van der Waals surface area contributed by atoms with Crippen molar-refractivity contribution in [3.05, 3.63) is 53.0 Å². The van der Waals surface area contributed by atoms with Crippen molar-refractivity contribution in [2.75, 3.05) is 35.7 Å². The van der Waals surface area contributed by atoms with Crippen LogP contribution in [0.4, 0.5) is 17.1 Å². The summed E-state index contributed by atoms with van der Waals surface area (Å²) < 4.78 is 0.871. The van der Waals surface area contributed by atoms with Gasteiger partial charge in [-0.25, -0.2) is 0 Å². The van der Waals surface area contributed by atoms with Crippen molar-refractivity contribution in [3.8, 4) is 0 Å². The van der Waals surface area contributed by atoms with Gasteiger partial charge in [-0.05, 0) is 44.3 Å². The van der Waals surface area contributed by atoms with Crippen LogP contribution in [0.2, 0.25) is 0 Å². The number of carbonyl (C=O) groups is 3. The van der Waals surface area contributed by atoms with Crippen LogP contribution in [0.3, 0.4) is 0 Å². The van der Waals surface area contributed by atoms with E-state index in [1.165, 1.54) is 0 Å². The Morgan fingerprint density at radius 3 is 2.72 bits per heavy atom. The first kappa shape index (κ1) is 21.0. The normalized spacial score (nSPS) is 16.1. The maximum atomic E-state index is 13.0. The van der Waals surface area contributed by atoms with E-state index in [-0.39, 0.29) is 43.3 Å². The highest BCUT2D eigenvalue weighted by molar-refractivity contribution is 9.10. The van der Waals surface area contributed by atoms with Gasteiger partial charge in [0.15, 0.2) is 0 Å². The van der Waals surface area contributed by atoms with Gasteiger partial charge >= 0.3 is 0 Å². The molecule has 0 saturated carbocycles. The first-order valence-electron chi connectivity index (χ1n) is 9.28. The second kappa shape index (κ2) is 9.19. The number of fused-ring (bicyclic) bond motifs is 1. The molecule has 0 unspecified atom stereocenters. The van der Waals surface area contributed by atoms with Crippen molar-refractivity contribution in [3.63, 3.8) is 0 Å². The monoisotopic (exact) mass is 458 g/mol. The minimum absolute atomic E-state index is 0.0543. The van der Waals surface area contributed by atoms with Gasteiger partial charge in [0.2, 0.25) is 17.7 Å². The average molecular weight is 459 g/mol. The van der Waals surface area contributed by atoms with Crippen LogP contribution in [0.15, 0.2) is 53.0 Å². The minimum atomic E-state index is -0.282. The molecule has 0 bridgehead atoms. The summed E-state index contributed by atoms with van der Waals surface area (Å²) in [4.78, 5) is 40.7. The zero-order valence-electron chi connectivity index (χ0n) is 16.3. The number of anilines is 3. The van der Waals surface area contributed by atoms with Crippen molar-refractivity contribution in [1.82, 2.24) is 4.90 Å². The predicted octanol–water partition coefficient (Wildman–Crippen LogP) is 3.08. The Labute approximate surface area is 178 Å². The second-order valence-corrected chi connectivity index (χ2v) is 8.03. The van der Waals surface area contributed by atoms with E-state index in [0.717, 1.165) is 4.47 Å². The number of hydrogen-bond donors (Lipinski definition) is 2. The molecule has 0 spiro atoms. The molecule has 0 saturated heterocycles. The predicted molar refractivity (Wildman–Crippen MR) is 117 cm³/mol. The Morgan fingerprint density at radius 2 is 1.97 bits per heavy atom. The van der Waals surface area contributed by atoms with E-state index in [2.05, 4.69) is 26.6 Å². The molecule has 29 heavy (non-hydrogen) atoms. The molecule has 1 aliphatic rings. The van der Waals surface area contributed by atoms with Gasteiger partial charge in [-0.2, -0.15) is 0 Å². The van der Waals surface area contributed by atoms with E-state index < -0.39 is 0 Å². The Morgan fingerprint density at radius 1 is 1.21 bits per heavy atom. The van der Waals surface area contributed by atoms with Crippen molar-refractivity contribution in [1.29, 1.82) is 0 Å². The largest absolute Gasteiger partial charge is 0.325 e. The number of halogens is 1. The van der Waals surface area contributed by atoms with Gasteiger partial charge < -0.3 is 15.5 Å². The number of nitrogens with one attached hydrogen (secondary N) is 2. The maximum absolute atomic E-state index is 13.0. The Balaban J connectivity index is 1.65. The van der Waals surface area contributed by atoms with Crippen LogP contribution in [-0.2, 0) is 14.4 Å². The van der Waals surface area contributed by atoms with Gasteiger partial charge in [0, 0.05) is 22.6 Å². The van der Waals surface area contributed by atoms with Crippen LogP contribution in [0.1, 0.15) is 13.3 Å². The standard InChI is InChI=1S/C21H23BrN4O3/c1-14-10-19(27)24-17-8-3-4-9-18(17)26(14)21(29)13-25(2)12-20(28)23-16-7-5-6-15(22)11-16/h3-9,11,14H,10,12-13H2,1-2H3,(H,23,28)(H,24,27)/t14-/m0/s1. The fraction of sp³-hybridized carbons (Fsp3) is 0.286. The highest BCUT2D eigenvalue weighted by atomic mass is 79.9. The molecule has 1 heterocycles. The van der Waals surface area contributed by atoms with Gasteiger partial charge in [0.25, 0.3) is 0 Å². The molecule has 0 radical (unpaired) electrons.